The van der Waals surface area contributed by atoms with E-state index in [4.69, 9.17) is 22.7 Å². The van der Waals surface area contributed by atoms with Gasteiger partial charge < -0.3 is 15.8 Å². The zero-order valence-electron chi connectivity index (χ0n) is 12.8. The van der Waals surface area contributed by atoms with Crippen LogP contribution in [0.2, 0.25) is 0 Å². The summed E-state index contributed by atoms with van der Waals surface area (Å²) in [6.45, 7) is 1.32. The van der Waals surface area contributed by atoms with E-state index < -0.39 is 0 Å². The first-order valence-corrected chi connectivity index (χ1v) is 8.37. The van der Waals surface area contributed by atoms with E-state index in [0.29, 0.717) is 35.4 Å². The van der Waals surface area contributed by atoms with Gasteiger partial charge in [-0.25, -0.2) is 0 Å². The number of nitrogens with two attached hydrogens (primary N) is 1. The summed E-state index contributed by atoms with van der Waals surface area (Å²) >= 11 is 4.92. The molecular formula is C17H24N2O2S. The number of hydrogen-bond acceptors (Lipinski definition) is 3. The summed E-state index contributed by atoms with van der Waals surface area (Å²) in [4.78, 5) is 12.3. The topological polar surface area (TPSA) is 64.4 Å². The second-order valence-corrected chi connectivity index (χ2v) is 6.13. The monoisotopic (exact) mass is 320 g/mol. The van der Waals surface area contributed by atoms with Crippen molar-refractivity contribution in [2.75, 3.05) is 13.2 Å². The maximum Gasteiger partial charge on any atom is 0.251 e. The van der Waals surface area contributed by atoms with Crippen molar-refractivity contribution < 1.29 is 9.53 Å². The van der Waals surface area contributed by atoms with Crippen LogP contribution in [0.4, 0.5) is 0 Å². The third-order valence-corrected chi connectivity index (χ3v) is 4.16. The Morgan fingerprint density at radius 3 is 2.73 bits per heavy atom. The number of ether oxygens (including phenoxy) is 1. The first-order chi connectivity index (χ1) is 10.7. The number of hydrogen-bond donors (Lipinski definition) is 2. The molecule has 1 aromatic carbocycles. The Bertz CT molecular complexity index is 513. The minimum absolute atomic E-state index is 0.101. The molecule has 1 amide bonds. The maximum absolute atomic E-state index is 12.0. The standard InChI is InChI=1S/C17H24N2O2S/c18-16(22)13-6-4-7-14(12-13)17(20)19-10-5-11-21-15-8-2-1-3-9-15/h4,6-7,12,15H,1-3,5,8-11H2,(H2,18,22)(H,19,20). The van der Waals surface area contributed by atoms with Crippen molar-refractivity contribution in [1.29, 1.82) is 0 Å². The molecule has 3 N–H and O–H groups in total. The molecule has 4 nitrogen and oxygen atoms in total. The van der Waals surface area contributed by atoms with Crippen molar-refractivity contribution in [3.05, 3.63) is 35.4 Å². The van der Waals surface area contributed by atoms with Gasteiger partial charge in [-0.05, 0) is 31.4 Å². The third kappa shape index (κ3) is 5.39. The molecule has 22 heavy (non-hydrogen) atoms. The fourth-order valence-electron chi connectivity index (χ4n) is 2.67. The lowest BCUT2D eigenvalue weighted by Gasteiger charge is -2.21. The highest BCUT2D eigenvalue weighted by Gasteiger charge is 2.13. The van der Waals surface area contributed by atoms with E-state index in [1.807, 2.05) is 0 Å². The molecule has 1 fully saturated rings. The highest BCUT2D eigenvalue weighted by atomic mass is 32.1. The van der Waals surface area contributed by atoms with Gasteiger partial charge in [-0.3, -0.25) is 4.79 Å². The van der Waals surface area contributed by atoms with Gasteiger partial charge in [0.15, 0.2) is 0 Å². The molecule has 2 rings (SSSR count). The van der Waals surface area contributed by atoms with E-state index >= 15 is 0 Å². The first kappa shape index (κ1) is 16.9. The molecule has 5 heteroatoms. The molecule has 1 aliphatic carbocycles. The van der Waals surface area contributed by atoms with Crippen molar-refractivity contribution in [2.24, 2.45) is 5.73 Å². The van der Waals surface area contributed by atoms with Gasteiger partial charge in [0.05, 0.1) is 6.10 Å². The zero-order valence-corrected chi connectivity index (χ0v) is 13.7. The van der Waals surface area contributed by atoms with E-state index in [-0.39, 0.29) is 5.91 Å². The van der Waals surface area contributed by atoms with Crippen LogP contribution in [0.15, 0.2) is 24.3 Å². The van der Waals surface area contributed by atoms with E-state index in [1.54, 1.807) is 24.3 Å². The Kier molecular flexibility index (Phi) is 6.80. The SMILES string of the molecule is NC(=S)c1cccc(C(=O)NCCCOC2CCCCC2)c1. The van der Waals surface area contributed by atoms with E-state index in [2.05, 4.69) is 5.32 Å². The number of thiocarbonyl (C=S) groups is 1. The van der Waals surface area contributed by atoms with Gasteiger partial charge in [0.2, 0.25) is 0 Å². The van der Waals surface area contributed by atoms with Crippen LogP contribution < -0.4 is 11.1 Å². The van der Waals surface area contributed by atoms with Crippen LogP contribution in [0.3, 0.4) is 0 Å². The van der Waals surface area contributed by atoms with Crippen molar-refractivity contribution in [1.82, 2.24) is 5.32 Å². The minimum atomic E-state index is -0.101. The molecule has 0 bridgehead atoms. The Hall–Kier alpha value is -1.46. The van der Waals surface area contributed by atoms with Crippen molar-refractivity contribution in [3.8, 4) is 0 Å². The molecule has 0 radical (unpaired) electrons. The average molecular weight is 320 g/mol. The van der Waals surface area contributed by atoms with Crippen LogP contribution >= 0.6 is 12.2 Å². The first-order valence-electron chi connectivity index (χ1n) is 7.96. The zero-order chi connectivity index (χ0) is 15.8. The number of nitrogens with one attached hydrogen (secondary N) is 1. The summed E-state index contributed by atoms with van der Waals surface area (Å²) in [7, 11) is 0. The quantitative estimate of drug-likeness (QED) is 0.599. The largest absolute Gasteiger partial charge is 0.389 e. The van der Waals surface area contributed by atoms with Gasteiger partial charge in [0.1, 0.15) is 4.99 Å². The van der Waals surface area contributed by atoms with Crippen LogP contribution in [0.25, 0.3) is 0 Å². The van der Waals surface area contributed by atoms with Gasteiger partial charge in [0, 0.05) is 24.3 Å². The van der Waals surface area contributed by atoms with Gasteiger partial charge in [-0.1, -0.05) is 43.6 Å². The lowest BCUT2D eigenvalue weighted by Crippen LogP contribution is -2.26. The molecule has 0 spiro atoms. The van der Waals surface area contributed by atoms with Crippen LogP contribution in [-0.2, 0) is 4.74 Å². The lowest BCUT2D eigenvalue weighted by atomic mass is 9.98. The fourth-order valence-corrected chi connectivity index (χ4v) is 2.80. The molecule has 1 aromatic rings. The maximum atomic E-state index is 12.0. The van der Waals surface area contributed by atoms with Gasteiger partial charge in [0.25, 0.3) is 5.91 Å². The molecule has 120 valence electrons. The summed E-state index contributed by atoms with van der Waals surface area (Å²) in [5, 5.41) is 2.90. The summed E-state index contributed by atoms with van der Waals surface area (Å²) < 4.78 is 5.84. The van der Waals surface area contributed by atoms with Crippen LogP contribution in [-0.4, -0.2) is 30.2 Å². The highest BCUT2D eigenvalue weighted by molar-refractivity contribution is 7.80. The molecule has 0 aromatic heterocycles. The molecule has 0 saturated heterocycles. The van der Waals surface area contributed by atoms with Gasteiger partial charge in [-0.2, -0.15) is 0 Å². The van der Waals surface area contributed by atoms with Crippen LogP contribution in [0.5, 0.6) is 0 Å². The second kappa shape index (κ2) is 8.86. The Balaban J connectivity index is 1.67. The third-order valence-electron chi connectivity index (χ3n) is 3.92. The molecular weight excluding hydrogens is 296 g/mol. The molecule has 0 heterocycles. The Labute approximate surface area is 137 Å². The van der Waals surface area contributed by atoms with Gasteiger partial charge >= 0.3 is 0 Å². The number of carbonyl (C=O) groups excluding carboxylic acids is 1. The Morgan fingerprint density at radius 1 is 1.27 bits per heavy atom. The average Bonchev–Trinajstić information content (AvgIpc) is 2.55. The summed E-state index contributed by atoms with van der Waals surface area (Å²) in [5.41, 5.74) is 6.87. The lowest BCUT2D eigenvalue weighted by molar-refractivity contribution is 0.0273. The number of benzene rings is 1. The number of rotatable bonds is 7. The van der Waals surface area contributed by atoms with Crippen molar-refractivity contribution in [2.45, 2.75) is 44.6 Å². The van der Waals surface area contributed by atoms with Crippen molar-refractivity contribution in [3.63, 3.8) is 0 Å². The fraction of sp³-hybridized carbons (Fsp3) is 0.529. The van der Waals surface area contributed by atoms with Crippen LogP contribution in [0, 0.1) is 0 Å². The predicted octanol–water partition coefficient (Wildman–Crippen LogP) is 2.79. The molecule has 0 unspecified atom stereocenters. The minimum Gasteiger partial charge on any atom is -0.389 e. The van der Waals surface area contributed by atoms with Gasteiger partial charge in [-0.15, -0.1) is 0 Å². The van der Waals surface area contributed by atoms with Crippen molar-refractivity contribution >= 4 is 23.1 Å². The number of carbonyl (C=O) groups is 1. The normalized spacial score (nSPS) is 15.5. The highest BCUT2D eigenvalue weighted by Crippen LogP contribution is 2.20. The molecule has 0 aliphatic heterocycles. The predicted molar refractivity (Wildman–Crippen MR) is 92.1 cm³/mol. The second-order valence-electron chi connectivity index (χ2n) is 5.69. The summed E-state index contributed by atoms with van der Waals surface area (Å²) in [6, 6.07) is 7.07. The van der Waals surface area contributed by atoms with E-state index in [9.17, 15) is 4.79 Å². The van der Waals surface area contributed by atoms with E-state index in [1.165, 1.54) is 32.1 Å². The summed E-state index contributed by atoms with van der Waals surface area (Å²) in [6.07, 6.45) is 7.50. The summed E-state index contributed by atoms with van der Waals surface area (Å²) in [5.74, 6) is -0.101. The molecule has 0 atom stereocenters. The smallest absolute Gasteiger partial charge is 0.251 e. The molecule has 1 saturated carbocycles. The molecule has 1 aliphatic rings. The van der Waals surface area contributed by atoms with E-state index in [0.717, 1.165) is 6.42 Å². The number of amides is 1. The van der Waals surface area contributed by atoms with Crippen LogP contribution in [0.1, 0.15) is 54.4 Å². The Morgan fingerprint density at radius 2 is 2.00 bits per heavy atom.